The van der Waals surface area contributed by atoms with Crippen LogP contribution in [0, 0.1) is 0 Å². The van der Waals surface area contributed by atoms with E-state index in [1.54, 1.807) is 17.0 Å². The van der Waals surface area contributed by atoms with E-state index in [1.807, 2.05) is 30.5 Å². The molecule has 0 unspecified atom stereocenters. The molecule has 2 aromatic heterocycles. The summed E-state index contributed by atoms with van der Waals surface area (Å²) in [5.41, 5.74) is 3.60. The minimum Gasteiger partial charge on any atom is -0.465 e. The van der Waals surface area contributed by atoms with Crippen LogP contribution in [0.2, 0.25) is 5.02 Å². The first kappa shape index (κ1) is 21.1. The van der Waals surface area contributed by atoms with Crippen LogP contribution in [0.5, 0.6) is 0 Å². The molecular formula is C24H22ClN5O3. The van der Waals surface area contributed by atoms with E-state index in [9.17, 15) is 9.59 Å². The van der Waals surface area contributed by atoms with Crippen molar-refractivity contribution in [3.05, 3.63) is 71.4 Å². The van der Waals surface area contributed by atoms with E-state index in [0.29, 0.717) is 36.9 Å². The molecule has 33 heavy (non-hydrogen) atoms. The highest BCUT2D eigenvalue weighted by Crippen LogP contribution is 2.27. The molecule has 0 radical (unpaired) electrons. The summed E-state index contributed by atoms with van der Waals surface area (Å²) in [4.78, 5) is 33.8. The van der Waals surface area contributed by atoms with Gasteiger partial charge in [0.05, 0.1) is 34.9 Å². The average Bonchev–Trinajstić information content (AvgIpc) is 3.34. The lowest BCUT2D eigenvalue weighted by molar-refractivity contribution is 0.0602. The Balaban J connectivity index is 1.33. The topological polar surface area (TPSA) is 79.2 Å². The molecule has 1 N–H and O–H groups in total. The van der Waals surface area contributed by atoms with Gasteiger partial charge < -0.3 is 24.3 Å². The molecule has 0 atom stereocenters. The molecule has 5 rings (SSSR count). The van der Waals surface area contributed by atoms with Crippen molar-refractivity contribution in [1.29, 1.82) is 0 Å². The number of nitrogens with one attached hydrogen (secondary N) is 1. The highest BCUT2D eigenvalue weighted by molar-refractivity contribution is 6.31. The molecule has 1 saturated heterocycles. The van der Waals surface area contributed by atoms with Crippen molar-refractivity contribution in [2.75, 3.05) is 43.5 Å². The van der Waals surface area contributed by atoms with Gasteiger partial charge in [-0.2, -0.15) is 0 Å². The number of amides is 2. The Hall–Kier alpha value is -3.78. The number of para-hydroxylation sites is 2. The molecular weight excluding hydrogens is 442 g/mol. The van der Waals surface area contributed by atoms with Crippen LogP contribution in [-0.2, 0) is 4.74 Å². The molecule has 0 saturated carbocycles. The van der Waals surface area contributed by atoms with E-state index in [-0.39, 0.29) is 11.6 Å². The Morgan fingerprint density at radius 1 is 1.00 bits per heavy atom. The van der Waals surface area contributed by atoms with Gasteiger partial charge in [-0.05, 0) is 42.5 Å². The number of carbonyl (C=O) groups excluding carboxylic acids is 2. The van der Waals surface area contributed by atoms with E-state index < -0.39 is 5.97 Å². The van der Waals surface area contributed by atoms with Crippen molar-refractivity contribution in [1.82, 2.24) is 14.3 Å². The van der Waals surface area contributed by atoms with E-state index in [1.165, 1.54) is 13.2 Å². The molecule has 1 aliphatic heterocycles. The van der Waals surface area contributed by atoms with Crippen molar-refractivity contribution in [2.24, 2.45) is 0 Å². The zero-order valence-corrected chi connectivity index (χ0v) is 18.7. The van der Waals surface area contributed by atoms with Crippen molar-refractivity contribution in [3.63, 3.8) is 0 Å². The summed E-state index contributed by atoms with van der Waals surface area (Å²) in [6.07, 6.45) is 2.04. The third-order valence-electron chi connectivity index (χ3n) is 5.84. The van der Waals surface area contributed by atoms with Gasteiger partial charge in [0.1, 0.15) is 0 Å². The quantitative estimate of drug-likeness (QED) is 0.459. The highest BCUT2D eigenvalue weighted by atomic mass is 35.5. The number of methoxy groups -OCH3 is 1. The van der Waals surface area contributed by atoms with E-state index >= 15 is 0 Å². The maximum absolute atomic E-state index is 12.9. The van der Waals surface area contributed by atoms with Crippen LogP contribution in [0.4, 0.5) is 16.3 Å². The van der Waals surface area contributed by atoms with Crippen molar-refractivity contribution in [2.45, 2.75) is 0 Å². The summed E-state index contributed by atoms with van der Waals surface area (Å²) < 4.78 is 6.95. The predicted molar refractivity (Wildman–Crippen MR) is 128 cm³/mol. The SMILES string of the molecule is COC(=O)c1ccc(Cl)cc1NC(=O)N1CCN(c2nc3ccccc3n3cccc23)CC1. The monoisotopic (exact) mass is 463 g/mol. The summed E-state index contributed by atoms with van der Waals surface area (Å²) in [6, 6.07) is 16.5. The highest BCUT2D eigenvalue weighted by Gasteiger charge is 2.25. The molecule has 1 aliphatic rings. The summed E-state index contributed by atoms with van der Waals surface area (Å²) in [5.74, 6) is 0.368. The first-order chi connectivity index (χ1) is 16.0. The van der Waals surface area contributed by atoms with Crippen LogP contribution in [0.1, 0.15) is 10.4 Å². The van der Waals surface area contributed by atoms with Crippen LogP contribution < -0.4 is 10.2 Å². The van der Waals surface area contributed by atoms with Crippen LogP contribution in [0.15, 0.2) is 60.8 Å². The van der Waals surface area contributed by atoms with E-state index in [0.717, 1.165) is 22.4 Å². The molecule has 8 nitrogen and oxygen atoms in total. The molecule has 0 bridgehead atoms. The van der Waals surface area contributed by atoms with E-state index in [2.05, 4.69) is 26.8 Å². The molecule has 2 aromatic carbocycles. The smallest absolute Gasteiger partial charge is 0.339 e. The number of hydrogen-bond donors (Lipinski definition) is 1. The number of fused-ring (bicyclic) bond motifs is 3. The number of anilines is 2. The fourth-order valence-corrected chi connectivity index (χ4v) is 4.34. The number of piperazine rings is 1. The fraction of sp³-hybridized carbons (Fsp3) is 0.208. The lowest BCUT2D eigenvalue weighted by Crippen LogP contribution is -2.50. The Labute approximate surface area is 195 Å². The van der Waals surface area contributed by atoms with Crippen LogP contribution in [-0.4, -0.2) is 59.6 Å². The van der Waals surface area contributed by atoms with Gasteiger partial charge in [0.2, 0.25) is 0 Å². The molecule has 3 heterocycles. The number of carbonyl (C=O) groups is 2. The van der Waals surface area contributed by atoms with Gasteiger partial charge in [-0.3, -0.25) is 0 Å². The minimum absolute atomic E-state index is 0.255. The van der Waals surface area contributed by atoms with Crippen molar-refractivity contribution in [3.8, 4) is 0 Å². The van der Waals surface area contributed by atoms with Gasteiger partial charge in [-0.1, -0.05) is 23.7 Å². The molecule has 1 fully saturated rings. The van der Waals surface area contributed by atoms with Crippen LogP contribution >= 0.6 is 11.6 Å². The third-order valence-corrected chi connectivity index (χ3v) is 6.08. The maximum Gasteiger partial charge on any atom is 0.339 e. The largest absolute Gasteiger partial charge is 0.465 e. The first-order valence-corrected chi connectivity index (χ1v) is 11.0. The lowest BCUT2D eigenvalue weighted by atomic mass is 10.2. The van der Waals surface area contributed by atoms with Gasteiger partial charge >= 0.3 is 12.0 Å². The Morgan fingerprint density at radius 3 is 2.55 bits per heavy atom. The zero-order chi connectivity index (χ0) is 22.9. The normalized spacial score (nSPS) is 14.0. The van der Waals surface area contributed by atoms with Crippen LogP contribution in [0.3, 0.4) is 0 Å². The average molecular weight is 464 g/mol. The van der Waals surface area contributed by atoms with Gasteiger partial charge in [-0.15, -0.1) is 0 Å². The van der Waals surface area contributed by atoms with Crippen LogP contribution in [0.25, 0.3) is 16.6 Å². The number of urea groups is 1. The van der Waals surface area contributed by atoms with Gasteiger partial charge in [0.25, 0.3) is 0 Å². The van der Waals surface area contributed by atoms with Gasteiger partial charge in [0, 0.05) is 37.4 Å². The first-order valence-electron chi connectivity index (χ1n) is 10.6. The summed E-state index contributed by atoms with van der Waals surface area (Å²) >= 11 is 6.07. The summed E-state index contributed by atoms with van der Waals surface area (Å²) in [5, 5.41) is 3.22. The number of esters is 1. The number of benzene rings is 2. The number of aromatic nitrogens is 2. The van der Waals surface area contributed by atoms with E-state index in [4.69, 9.17) is 21.3 Å². The van der Waals surface area contributed by atoms with Crippen molar-refractivity contribution >= 4 is 51.7 Å². The maximum atomic E-state index is 12.9. The second kappa shape index (κ2) is 8.63. The molecule has 4 aromatic rings. The zero-order valence-electron chi connectivity index (χ0n) is 18.0. The molecule has 2 amide bonds. The fourth-order valence-electron chi connectivity index (χ4n) is 4.16. The number of hydrogen-bond acceptors (Lipinski definition) is 5. The summed E-state index contributed by atoms with van der Waals surface area (Å²) in [6.45, 7) is 2.31. The lowest BCUT2D eigenvalue weighted by Gasteiger charge is -2.35. The molecule has 168 valence electrons. The number of ether oxygens (including phenoxy) is 1. The Morgan fingerprint density at radius 2 is 1.76 bits per heavy atom. The number of nitrogens with zero attached hydrogens (tertiary/aromatic N) is 4. The summed E-state index contributed by atoms with van der Waals surface area (Å²) in [7, 11) is 1.30. The van der Waals surface area contributed by atoms with Gasteiger partial charge in [0.15, 0.2) is 5.82 Å². The van der Waals surface area contributed by atoms with Gasteiger partial charge in [-0.25, -0.2) is 14.6 Å². The predicted octanol–water partition coefficient (Wildman–Crippen LogP) is 4.28. The second-order valence-electron chi connectivity index (χ2n) is 7.77. The Kier molecular flexibility index (Phi) is 5.51. The molecule has 0 spiro atoms. The second-order valence-corrected chi connectivity index (χ2v) is 8.21. The number of rotatable bonds is 3. The Bertz CT molecular complexity index is 1360. The number of halogens is 1. The van der Waals surface area contributed by atoms with Crippen molar-refractivity contribution < 1.29 is 14.3 Å². The molecule has 9 heteroatoms. The molecule has 0 aliphatic carbocycles. The minimum atomic E-state index is -0.537. The third kappa shape index (κ3) is 3.93. The standard InChI is InChI=1S/C24H22ClN5O3/c1-33-23(31)17-9-8-16(25)15-19(17)27-24(32)29-13-11-28(12-14-29)22-21-7-4-10-30(21)20-6-3-2-5-18(20)26-22/h2-10,15H,11-14H2,1H3,(H,27,32).